The quantitative estimate of drug-likeness (QED) is 0.748. The van der Waals surface area contributed by atoms with Crippen LogP contribution in [0.15, 0.2) is 36.5 Å². The van der Waals surface area contributed by atoms with Crippen molar-refractivity contribution < 1.29 is 14.7 Å². The minimum atomic E-state index is -1.03. The molecule has 0 atom stereocenters. The number of nitrogens with one attached hydrogen (secondary N) is 2. The number of rotatable bonds is 4. The lowest BCUT2D eigenvalue weighted by atomic mass is 10.2. The van der Waals surface area contributed by atoms with Crippen LogP contribution in [0, 0.1) is 0 Å². The van der Waals surface area contributed by atoms with Crippen molar-refractivity contribution in [3.05, 3.63) is 42.1 Å². The summed E-state index contributed by atoms with van der Waals surface area (Å²) < 4.78 is 0. The molecule has 0 aliphatic rings. The van der Waals surface area contributed by atoms with Crippen molar-refractivity contribution in [3.63, 3.8) is 0 Å². The lowest BCUT2D eigenvalue weighted by molar-refractivity contribution is 0.0697. The average molecular weight is 234 g/mol. The molecule has 1 rings (SSSR count). The molecule has 0 aromatic heterocycles. The Balaban J connectivity index is 2.62. The number of benzene rings is 1. The van der Waals surface area contributed by atoms with Gasteiger partial charge in [-0.3, -0.25) is 0 Å². The molecule has 0 unspecified atom stereocenters. The molecule has 0 aliphatic carbocycles. The van der Waals surface area contributed by atoms with Gasteiger partial charge in [-0.15, -0.1) is 0 Å². The highest BCUT2D eigenvalue weighted by Crippen LogP contribution is 2.10. The molecule has 3 N–H and O–H groups in total. The Labute approximate surface area is 99.1 Å². The predicted octanol–water partition coefficient (Wildman–Crippen LogP) is 2.43. The van der Waals surface area contributed by atoms with Gasteiger partial charge >= 0.3 is 12.0 Å². The highest BCUT2D eigenvalue weighted by atomic mass is 16.4. The van der Waals surface area contributed by atoms with E-state index in [0.717, 1.165) is 6.42 Å². The summed E-state index contributed by atoms with van der Waals surface area (Å²) in [5.74, 6) is -1.03. The zero-order chi connectivity index (χ0) is 12.7. The summed E-state index contributed by atoms with van der Waals surface area (Å²) in [6.45, 7) is 1.95. The Bertz CT molecular complexity index is 441. The van der Waals surface area contributed by atoms with Crippen molar-refractivity contribution in [2.75, 3.05) is 5.32 Å². The Morgan fingerprint density at radius 3 is 2.82 bits per heavy atom. The zero-order valence-corrected chi connectivity index (χ0v) is 9.43. The minimum Gasteiger partial charge on any atom is -0.478 e. The van der Waals surface area contributed by atoms with Gasteiger partial charge in [0.15, 0.2) is 0 Å². The number of anilines is 1. The average Bonchev–Trinajstić information content (AvgIpc) is 2.29. The van der Waals surface area contributed by atoms with E-state index in [-0.39, 0.29) is 5.56 Å². The Morgan fingerprint density at radius 2 is 2.18 bits per heavy atom. The third-order valence-electron chi connectivity index (χ3n) is 1.94. The molecule has 0 radical (unpaired) electrons. The van der Waals surface area contributed by atoms with Gasteiger partial charge in [-0.05, 0) is 24.6 Å². The number of hydrogen-bond donors (Lipinski definition) is 3. The number of amides is 2. The molecule has 0 saturated carbocycles. The summed E-state index contributed by atoms with van der Waals surface area (Å²) in [6.07, 6.45) is 4.17. The predicted molar refractivity (Wildman–Crippen MR) is 65.0 cm³/mol. The Morgan fingerprint density at radius 1 is 1.41 bits per heavy atom. The molecule has 1 aromatic rings. The summed E-state index contributed by atoms with van der Waals surface area (Å²) in [6, 6.07) is 5.64. The van der Waals surface area contributed by atoms with Crippen molar-refractivity contribution in [1.29, 1.82) is 0 Å². The van der Waals surface area contributed by atoms with Crippen LogP contribution in [0.25, 0.3) is 0 Å². The van der Waals surface area contributed by atoms with Crippen LogP contribution in [0.4, 0.5) is 10.5 Å². The van der Waals surface area contributed by atoms with Gasteiger partial charge in [0.05, 0.1) is 5.56 Å². The van der Waals surface area contributed by atoms with E-state index in [9.17, 15) is 9.59 Å². The van der Waals surface area contributed by atoms with E-state index < -0.39 is 12.0 Å². The second kappa shape index (κ2) is 6.32. The van der Waals surface area contributed by atoms with Crippen LogP contribution >= 0.6 is 0 Å². The smallest absolute Gasteiger partial charge is 0.335 e. The van der Waals surface area contributed by atoms with E-state index in [2.05, 4.69) is 10.6 Å². The van der Waals surface area contributed by atoms with E-state index in [0.29, 0.717) is 5.69 Å². The maximum Gasteiger partial charge on any atom is 0.335 e. The molecule has 5 nitrogen and oxygen atoms in total. The monoisotopic (exact) mass is 234 g/mol. The van der Waals surface area contributed by atoms with Gasteiger partial charge in [-0.25, -0.2) is 9.59 Å². The van der Waals surface area contributed by atoms with Crippen molar-refractivity contribution in [3.8, 4) is 0 Å². The van der Waals surface area contributed by atoms with E-state index >= 15 is 0 Å². The van der Waals surface area contributed by atoms with Crippen LogP contribution in [0.3, 0.4) is 0 Å². The fourth-order valence-corrected chi connectivity index (χ4v) is 1.15. The fraction of sp³-hybridized carbons (Fsp3) is 0.167. The number of carbonyl (C=O) groups is 2. The highest BCUT2D eigenvalue weighted by molar-refractivity contribution is 5.93. The topological polar surface area (TPSA) is 78.4 Å². The second-order valence-corrected chi connectivity index (χ2v) is 3.30. The third-order valence-corrected chi connectivity index (χ3v) is 1.94. The standard InChI is InChI=1S/C12H14N2O3/c1-2-3-7-13-12(17)14-10-6-4-5-9(8-10)11(15)16/h3-8H,2H2,1H3,(H,15,16)(H2,13,14,17)/b7-3+. The molecule has 0 spiro atoms. The van der Waals surface area contributed by atoms with Gasteiger partial charge in [0.1, 0.15) is 0 Å². The van der Waals surface area contributed by atoms with E-state index in [1.165, 1.54) is 18.3 Å². The molecule has 0 saturated heterocycles. The van der Waals surface area contributed by atoms with Crippen molar-refractivity contribution in [2.45, 2.75) is 13.3 Å². The first-order valence-corrected chi connectivity index (χ1v) is 5.19. The lowest BCUT2D eigenvalue weighted by Gasteiger charge is -2.05. The van der Waals surface area contributed by atoms with Gasteiger partial charge < -0.3 is 15.7 Å². The Hall–Kier alpha value is -2.30. The zero-order valence-electron chi connectivity index (χ0n) is 9.43. The molecule has 17 heavy (non-hydrogen) atoms. The summed E-state index contributed by atoms with van der Waals surface area (Å²) in [4.78, 5) is 22.1. The van der Waals surface area contributed by atoms with Crippen molar-refractivity contribution >= 4 is 17.7 Å². The summed E-state index contributed by atoms with van der Waals surface area (Å²) in [5, 5.41) is 13.8. The van der Waals surface area contributed by atoms with Crippen LogP contribution in [0.1, 0.15) is 23.7 Å². The summed E-state index contributed by atoms with van der Waals surface area (Å²) in [7, 11) is 0. The molecule has 5 heteroatoms. The maximum absolute atomic E-state index is 11.3. The molecular formula is C12H14N2O3. The lowest BCUT2D eigenvalue weighted by Crippen LogP contribution is -2.23. The fourth-order valence-electron chi connectivity index (χ4n) is 1.15. The number of hydrogen-bond acceptors (Lipinski definition) is 2. The minimum absolute atomic E-state index is 0.131. The van der Waals surface area contributed by atoms with Crippen molar-refractivity contribution in [2.24, 2.45) is 0 Å². The molecule has 1 aromatic carbocycles. The van der Waals surface area contributed by atoms with E-state index in [4.69, 9.17) is 5.11 Å². The van der Waals surface area contributed by atoms with Gasteiger partial charge in [-0.2, -0.15) is 0 Å². The molecule has 0 aliphatic heterocycles. The van der Waals surface area contributed by atoms with Crippen LogP contribution in [0.2, 0.25) is 0 Å². The number of allylic oxidation sites excluding steroid dienone is 1. The summed E-state index contributed by atoms with van der Waals surface area (Å²) in [5.41, 5.74) is 0.569. The second-order valence-electron chi connectivity index (χ2n) is 3.30. The van der Waals surface area contributed by atoms with Gasteiger partial charge in [0.2, 0.25) is 0 Å². The normalized spacial score (nSPS) is 10.2. The first kappa shape index (κ1) is 12.8. The first-order chi connectivity index (χ1) is 8.13. The third kappa shape index (κ3) is 4.38. The molecule has 0 heterocycles. The van der Waals surface area contributed by atoms with Crippen LogP contribution in [0.5, 0.6) is 0 Å². The number of aromatic carboxylic acids is 1. The highest BCUT2D eigenvalue weighted by Gasteiger charge is 2.04. The number of carboxylic acid groups (broad SMARTS) is 1. The SMILES string of the molecule is CC/C=C/NC(=O)Nc1cccc(C(=O)O)c1. The van der Waals surface area contributed by atoms with Crippen molar-refractivity contribution in [1.82, 2.24) is 5.32 Å². The molecule has 0 bridgehead atoms. The van der Waals surface area contributed by atoms with Crippen LogP contribution in [-0.2, 0) is 0 Å². The molecular weight excluding hydrogens is 220 g/mol. The van der Waals surface area contributed by atoms with Gasteiger partial charge in [-0.1, -0.05) is 19.1 Å². The molecule has 90 valence electrons. The van der Waals surface area contributed by atoms with Crippen LogP contribution in [-0.4, -0.2) is 17.1 Å². The van der Waals surface area contributed by atoms with Gasteiger partial charge in [0.25, 0.3) is 0 Å². The largest absolute Gasteiger partial charge is 0.478 e. The number of carboxylic acids is 1. The summed E-state index contributed by atoms with van der Waals surface area (Å²) >= 11 is 0. The Kier molecular flexibility index (Phi) is 4.75. The molecule has 0 fully saturated rings. The maximum atomic E-state index is 11.3. The van der Waals surface area contributed by atoms with Gasteiger partial charge in [0, 0.05) is 11.9 Å². The molecule has 2 amide bonds. The number of carbonyl (C=O) groups excluding carboxylic acids is 1. The van der Waals surface area contributed by atoms with E-state index in [1.807, 2.05) is 6.92 Å². The number of urea groups is 1. The van der Waals surface area contributed by atoms with E-state index in [1.54, 1.807) is 18.2 Å². The van der Waals surface area contributed by atoms with Crippen LogP contribution < -0.4 is 10.6 Å². The first-order valence-electron chi connectivity index (χ1n) is 5.19.